The van der Waals surface area contributed by atoms with Crippen molar-refractivity contribution in [3.05, 3.63) is 35.9 Å². The zero-order valence-electron chi connectivity index (χ0n) is 13.7. The van der Waals surface area contributed by atoms with Crippen molar-refractivity contribution in [1.29, 1.82) is 0 Å². The number of nitrogens with one attached hydrogen (secondary N) is 1. The Morgan fingerprint density at radius 2 is 1.82 bits per heavy atom. The number of rotatable bonds is 2. The molecule has 1 saturated heterocycles. The summed E-state index contributed by atoms with van der Waals surface area (Å²) in [6, 6.07) is 9.43. The van der Waals surface area contributed by atoms with Gasteiger partial charge in [0.1, 0.15) is 6.61 Å². The number of amides is 2. The molecule has 1 heterocycles. The monoisotopic (exact) mass is 304 g/mol. The van der Waals surface area contributed by atoms with Crippen molar-refractivity contribution in [1.82, 2.24) is 10.2 Å². The number of benzene rings is 1. The summed E-state index contributed by atoms with van der Waals surface area (Å²) in [6.07, 6.45) is -0.321. The Balaban J connectivity index is 2.06. The number of hydrogen-bond acceptors (Lipinski definition) is 4. The van der Waals surface area contributed by atoms with Crippen LogP contribution in [0.5, 0.6) is 0 Å². The van der Waals surface area contributed by atoms with Crippen LogP contribution < -0.4 is 5.32 Å². The number of ether oxygens (including phenoxy) is 1. The molecule has 2 rings (SSSR count). The molecule has 0 unspecified atom stereocenters. The normalized spacial score (nSPS) is 20.4. The Bertz CT molecular complexity index is 552. The molecule has 1 aromatic carbocycles. The van der Waals surface area contributed by atoms with Gasteiger partial charge in [0.2, 0.25) is 5.91 Å². The van der Waals surface area contributed by atoms with Crippen molar-refractivity contribution in [2.75, 3.05) is 6.54 Å². The van der Waals surface area contributed by atoms with Gasteiger partial charge in [0, 0.05) is 24.0 Å². The summed E-state index contributed by atoms with van der Waals surface area (Å²) in [6.45, 7) is 8.34. The molecule has 0 atom stereocenters. The zero-order chi connectivity index (χ0) is 16.4. The van der Waals surface area contributed by atoms with Crippen LogP contribution in [-0.4, -0.2) is 34.5 Å². The van der Waals surface area contributed by atoms with Gasteiger partial charge >= 0.3 is 6.09 Å². The van der Waals surface area contributed by atoms with E-state index in [9.17, 15) is 9.59 Å². The van der Waals surface area contributed by atoms with Crippen LogP contribution in [0.1, 0.15) is 39.7 Å². The molecule has 1 aromatic rings. The van der Waals surface area contributed by atoms with E-state index in [1.54, 1.807) is 0 Å². The van der Waals surface area contributed by atoms with Crippen molar-refractivity contribution in [3.63, 3.8) is 0 Å². The minimum absolute atomic E-state index is 0.167. The summed E-state index contributed by atoms with van der Waals surface area (Å²) >= 11 is 0. The SMILES string of the molecule is CC1(C)CC(=O)N(C(=O)OCc2ccccc2)CC(C)(C)N1. The van der Waals surface area contributed by atoms with Gasteiger partial charge in [-0.3, -0.25) is 4.79 Å². The van der Waals surface area contributed by atoms with Crippen LogP contribution in [0.3, 0.4) is 0 Å². The molecule has 120 valence electrons. The van der Waals surface area contributed by atoms with E-state index in [-0.39, 0.29) is 30.0 Å². The molecular formula is C17H24N2O3. The fraction of sp³-hybridized carbons (Fsp3) is 0.529. The fourth-order valence-electron chi connectivity index (χ4n) is 2.92. The number of carbonyl (C=O) groups is 2. The Morgan fingerprint density at radius 3 is 2.45 bits per heavy atom. The number of imide groups is 1. The fourth-order valence-corrected chi connectivity index (χ4v) is 2.92. The zero-order valence-corrected chi connectivity index (χ0v) is 13.7. The summed E-state index contributed by atoms with van der Waals surface area (Å²) in [7, 11) is 0. The molecule has 1 fully saturated rings. The van der Waals surface area contributed by atoms with Crippen LogP contribution >= 0.6 is 0 Å². The van der Waals surface area contributed by atoms with E-state index in [0.29, 0.717) is 6.54 Å². The van der Waals surface area contributed by atoms with Crippen LogP contribution in [0.2, 0.25) is 0 Å². The Labute approximate surface area is 131 Å². The third-order valence-electron chi connectivity index (χ3n) is 3.55. The van der Waals surface area contributed by atoms with Gasteiger partial charge in [-0.15, -0.1) is 0 Å². The first kappa shape index (κ1) is 16.5. The first-order chi connectivity index (χ1) is 10.2. The van der Waals surface area contributed by atoms with Crippen LogP contribution in [0.25, 0.3) is 0 Å². The van der Waals surface area contributed by atoms with Crippen molar-refractivity contribution in [2.45, 2.75) is 51.8 Å². The summed E-state index contributed by atoms with van der Waals surface area (Å²) < 4.78 is 5.29. The Kier molecular flexibility index (Phi) is 4.56. The molecule has 0 bridgehead atoms. The predicted octanol–water partition coefficient (Wildman–Crippen LogP) is 2.70. The molecule has 5 nitrogen and oxygen atoms in total. The Morgan fingerprint density at radius 1 is 1.18 bits per heavy atom. The molecule has 5 heteroatoms. The lowest BCUT2D eigenvalue weighted by Gasteiger charge is -2.33. The number of carbonyl (C=O) groups excluding carboxylic acids is 2. The van der Waals surface area contributed by atoms with Crippen molar-refractivity contribution in [2.24, 2.45) is 0 Å². The van der Waals surface area contributed by atoms with E-state index in [0.717, 1.165) is 5.56 Å². The molecule has 0 aliphatic carbocycles. The lowest BCUT2D eigenvalue weighted by Crippen LogP contribution is -2.54. The van der Waals surface area contributed by atoms with Crippen LogP contribution in [-0.2, 0) is 16.1 Å². The highest BCUT2D eigenvalue weighted by Gasteiger charge is 2.40. The molecule has 2 amide bonds. The maximum atomic E-state index is 12.4. The highest BCUT2D eigenvalue weighted by atomic mass is 16.6. The lowest BCUT2D eigenvalue weighted by molar-refractivity contribution is -0.130. The molecule has 0 spiro atoms. The second-order valence-electron chi connectivity index (χ2n) is 7.09. The van der Waals surface area contributed by atoms with Crippen LogP contribution in [0, 0.1) is 0 Å². The predicted molar refractivity (Wildman–Crippen MR) is 84.3 cm³/mol. The molecule has 22 heavy (non-hydrogen) atoms. The maximum absolute atomic E-state index is 12.4. The largest absolute Gasteiger partial charge is 0.444 e. The molecular weight excluding hydrogens is 280 g/mol. The van der Waals surface area contributed by atoms with E-state index in [2.05, 4.69) is 5.32 Å². The molecule has 0 aromatic heterocycles. The van der Waals surface area contributed by atoms with Gasteiger partial charge < -0.3 is 10.1 Å². The smallest absolute Gasteiger partial charge is 0.416 e. The molecule has 0 radical (unpaired) electrons. The van der Waals surface area contributed by atoms with Crippen LogP contribution in [0.4, 0.5) is 4.79 Å². The third-order valence-corrected chi connectivity index (χ3v) is 3.55. The first-order valence-electron chi connectivity index (χ1n) is 7.49. The van der Waals surface area contributed by atoms with E-state index >= 15 is 0 Å². The van der Waals surface area contributed by atoms with Crippen molar-refractivity contribution in [3.8, 4) is 0 Å². The summed E-state index contributed by atoms with van der Waals surface area (Å²) in [5.74, 6) is -0.207. The minimum atomic E-state index is -0.582. The summed E-state index contributed by atoms with van der Waals surface area (Å²) in [5, 5.41) is 3.41. The molecule has 1 aliphatic rings. The van der Waals surface area contributed by atoms with E-state index in [1.807, 2.05) is 58.0 Å². The average molecular weight is 304 g/mol. The topological polar surface area (TPSA) is 58.6 Å². The van der Waals surface area contributed by atoms with E-state index in [4.69, 9.17) is 4.74 Å². The van der Waals surface area contributed by atoms with Gasteiger partial charge in [-0.1, -0.05) is 30.3 Å². The van der Waals surface area contributed by atoms with Gasteiger partial charge in [0.15, 0.2) is 0 Å². The van der Waals surface area contributed by atoms with Crippen LogP contribution in [0.15, 0.2) is 30.3 Å². The van der Waals surface area contributed by atoms with Gasteiger partial charge in [-0.05, 0) is 33.3 Å². The molecule has 0 saturated carbocycles. The van der Waals surface area contributed by atoms with Gasteiger partial charge in [0.25, 0.3) is 0 Å². The standard InChI is InChI=1S/C17H24N2O3/c1-16(2)10-14(20)19(12-17(3,4)18-16)15(21)22-11-13-8-6-5-7-9-13/h5-9,18H,10-12H2,1-4H3. The highest BCUT2D eigenvalue weighted by molar-refractivity contribution is 5.92. The number of hydrogen-bond donors (Lipinski definition) is 1. The quantitative estimate of drug-likeness (QED) is 0.912. The number of nitrogens with zero attached hydrogens (tertiary/aromatic N) is 1. The second kappa shape index (κ2) is 6.08. The van der Waals surface area contributed by atoms with Crippen molar-refractivity contribution < 1.29 is 14.3 Å². The van der Waals surface area contributed by atoms with Gasteiger partial charge in [0.05, 0.1) is 0 Å². The van der Waals surface area contributed by atoms with Gasteiger partial charge in [-0.25, -0.2) is 9.69 Å². The lowest BCUT2D eigenvalue weighted by atomic mass is 9.96. The van der Waals surface area contributed by atoms with Crippen molar-refractivity contribution >= 4 is 12.0 Å². The molecule has 1 N–H and O–H groups in total. The first-order valence-corrected chi connectivity index (χ1v) is 7.49. The maximum Gasteiger partial charge on any atom is 0.416 e. The Hall–Kier alpha value is -1.88. The third kappa shape index (κ3) is 4.31. The molecule has 1 aliphatic heterocycles. The van der Waals surface area contributed by atoms with E-state index in [1.165, 1.54) is 4.90 Å². The average Bonchev–Trinajstić information content (AvgIpc) is 2.49. The van der Waals surface area contributed by atoms with E-state index < -0.39 is 6.09 Å². The summed E-state index contributed by atoms with van der Waals surface area (Å²) in [4.78, 5) is 25.9. The second-order valence-corrected chi connectivity index (χ2v) is 7.09. The highest BCUT2D eigenvalue weighted by Crippen LogP contribution is 2.22. The minimum Gasteiger partial charge on any atom is -0.444 e. The van der Waals surface area contributed by atoms with Gasteiger partial charge in [-0.2, -0.15) is 0 Å². The summed E-state index contributed by atoms with van der Waals surface area (Å²) in [5.41, 5.74) is 0.187.